The number of carbonyl (C=O) groups excluding carboxylic acids is 3. The van der Waals surface area contributed by atoms with Gasteiger partial charge in [-0.05, 0) is 0 Å². The van der Waals surface area contributed by atoms with Gasteiger partial charge in [-0.25, -0.2) is 5.84 Å². The van der Waals surface area contributed by atoms with Gasteiger partial charge < -0.3 is 4.84 Å². The summed E-state index contributed by atoms with van der Waals surface area (Å²) in [5.41, 5.74) is 1.74. The Labute approximate surface area is 86.5 Å². The Kier molecular flexibility index (Phi) is 3.75. The van der Waals surface area contributed by atoms with E-state index in [2.05, 4.69) is 4.84 Å². The second-order valence-electron chi connectivity index (χ2n) is 3.33. The van der Waals surface area contributed by atoms with Gasteiger partial charge in [0, 0.05) is 18.9 Å². The van der Waals surface area contributed by atoms with Crippen molar-refractivity contribution in [3.05, 3.63) is 0 Å². The average Bonchev–Trinajstić information content (AvgIpc) is 2.40. The number of hydrogen-bond donors (Lipinski definition) is 2. The van der Waals surface area contributed by atoms with Gasteiger partial charge in [0.1, 0.15) is 0 Å². The topological polar surface area (TPSA) is 102 Å². The Balaban J connectivity index is 2.42. The number of hydrogen-bond acceptors (Lipinski definition) is 6. The van der Waals surface area contributed by atoms with Crippen LogP contribution in [0.3, 0.4) is 0 Å². The maximum atomic E-state index is 11.4. The lowest BCUT2D eigenvalue weighted by Gasteiger charge is -2.12. The van der Waals surface area contributed by atoms with Crippen molar-refractivity contribution in [3.63, 3.8) is 0 Å². The summed E-state index contributed by atoms with van der Waals surface area (Å²) < 4.78 is 0. The molecule has 1 aliphatic rings. The van der Waals surface area contributed by atoms with Crippen LogP contribution < -0.4 is 11.4 Å². The van der Waals surface area contributed by atoms with Gasteiger partial charge in [0.2, 0.25) is 11.8 Å². The van der Waals surface area contributed by atoms with Crippen LogP contribution in [-0.4, -0.2) is 29.2 Å². The van der Waals surface area contributed by atoms with E-state index in [4.69, 9.17) is 5.84 Å². The number of nitrogens with two attached hydrogens (primary N) is 1. The van der Waals surface area contributed by atoms with E-state index in [-0.39, 0.29) is 37.1 Å². The molecule has 0 aliphatic carbocycles. The Morgan fingerprint density at radius 3 is 2.80 bits per heavy atom. The quantitative estimate of drug-likeness (QED) is 0.343. The molecule has 0 aromatic heterocycles. The molecule has 0 aromatic carbocycles. The summed E-state index contributed by atoms with van der Waals surface area (Å²) in [6, 6.07) is 0. The minimum absolute atomic E-state index is 0.0442. The molecule has 0 radical (unpaired) electrons. The number of rotatable bonds is 4. The molecule has 3 N–H and O–H groups in total. The zero-order valence-electron chi connectivity index (χ0n) is 8.36. The Bertz CT molecular complexity index is 292. The van der Waals surface area contributed by atoms with E-state index in [1.165, 1.54) is 0 Å². The van der Waals surface area contributed by atoms with Gasteiger partial charge in [0.25, 0.3) is 0 Å². The zero-order chi connectivity index (χ0) is 11.4. The van der Waals surface area contributed by atoms with Crippen molar-refractivity contribution in [1.29, 1.82) is 0 Å². The van der Waals surface area contributed by atoms with Crippen molar-refractivity contribution in [1.82, 2.24) is 10.5 Å². The highest BCUT2D eigenvalue weighted by Gasteiger charge is 2.35. The normalized spacial score (nSPS) is 20.9. The molecule has 2 amide bonds. The van der Waals surface area contributed by atoms with Crippen LogP contribution in [0.4, 0.5) is 0 Å². The number of amides is 2. The van der Waals surface area contributed by atoms with Crippen LogP contribution in [0.2, 0.25) is 0 Å². The third-order valence-electron chi connectivity index (χ3n) is 2.18. The molecule has 0 aromatic rings. The van der Waals surface area contributed by atoms with Crippen molar-refractivity contribution >= 4 is 17.8 Å². The lowest BCUT2D eigenvalue weighted by Crippen LogP contribution is -2.34. The Hall–Kier alpha value is -1.47. The summed E-state index contributed by atoms with van der Waals surface area (Å²) in [5.74, 6) is 3.35. The number of hydrazine groups is 1. The number of likely N-dealkylation sites (tertiary alicyclic amines) is 1. The van der Waals surface area contributed by atoms with Crippen LogP contribution in [0.15, 0.2) is 0 Å². The maximum absolute atomic E-state index is 11.4. The third-order valence-corrected chi connectivity index (χ3v) is 2.18. The first-order chi connectivity index (χ1) is 7.06. The molecule has 7 heteroatoms. The van der Waals surface area contributed by atoms with E-state index in [0.717, 1.165) is 4.90 Å². The molecular formula is C8H13N3O4. The minimum Gasteiger partial charge on any atom is -0.356 e. The largest absolute Gasteiger partial charge is 0.356 e. The van der Waals surface area contributed by atoms with Crippen molar-refractivity contribution in [2.75, 3.05) is 6.54 Å². The molecular weight excluding hydrogens is 202 g/mol. The fraction of sp³-hybridized carbons (Fsp3) is 0.625. The molecule has 1 unspecified atom stereocenters. The van der Waals surface area contributed by atoms with Crippen molar-refractivity contribution < 1.29 is 19.2 Å². The molecule has 1 saturated heterocycles. The highest BCUT2D eigenvalue weighted by Crippen LogP contribution is 2.18. The minimum atomic E-state index is -0.613. The SMILES string of the molecule is CC1CC(=O)N(CCC(=O)ONN)C1=O. The van der Waals surface area contributed by atoms with Crippen molar-refractivity contribution in [2.45, 2.75) is 19.8 Å². The van der Waals surface area contributed by atoms with Crippen LogP contribution in [0.1, 0.15) is 19.8 Å². The summed E-state index contributed by atoms with van der Waals surface area (Å²) in [4.78, 5) is 38.9. The van der Waals surface area contributed by atoms with E-state index < -0.39 is 5.97 Å². The molecule has 0 saturated carbocycles. The fourth-order valence-electron chi connectivity index (χ4n) is 1.40. The van der Waals surface area contributed by atoms with E-state index in [1.807, 2.05) is 0 Å². The second kappa shape index (κ2) is 4.85. The van der Waals surface area contributed by atoms with E-state index >= 15 is 0 Å². The van der Waals surface area contributed by atoms with Gasteiger partial charge in [0.05, 0.1) is 6.42 Å². The molecule has 1 heterocycles. The van der Waals surface area contributed by atoms with E-state index in [0.29, 0.717) is 0 Å². The summed E-state index contributed by atoms with van der Waals surface area (Å²) in [5, 5.41) is 0. The van der Waals surface area contributed by atoms with Gasteiger partial charge in [0.15, 0.2) is 0 Å². The standard InChI is InChI=1S/C8H13N3O4/c1-5-4-6(12)11(8(5)14)3-2-7(13)15-10-9/h5,10H,2-4,9H2,1H3. The maximum Gasteiger partial charge on any atom is 0.328 e. The number of carbonyl (C=O) groups is 3. The molecule has 1 rings (SSSR count). The van der Waals surface area contributed by atoms with Gasteiger partial charge in [-0.2, -0.15) is 0 Å². The average molecular weight is 215 g/mol. The third kappa shape index (κ3) is 2.74. The summed E-state index contributed by atoms with van der Waals surface area (Å²) in [7, 11) is 0. The summed E-state index contributed by atoms with van der Waals surface area (Å²) >= 11 is 0. The van der Waals surface area contributed by atoms with Gasteiger partial charge in [-0.15, -0.1) is 0 Å². The Morgan fingerprint density at radius 1 is 1.67 bits per heavy atom. The van der Waals surface area contributed by atoms with Crippen LogP contribution in [-0.2, 0) is 19.2 Å². The lowest BCUT2D eigenvalue weighted by molar-refractivity contribution is -0.152. The number of imide groups is 1. The monoisotopic (exact) mass is 215 g/mol. The van der Waals surface area contributed by atoms with Crippen LogP contribution in [0.5, 0.6) is 0 Å². The van der Waals surface area contributed by atoms with Gasteiger partial charge >= 0.3 is 5.97 Å². The molecule has 1 fully saturated rings. The smallest absolute Gasteiger partial charge is 0.328 e. The first-order valence-corrected chi connectivity index (χ1v) is 4.55. The molecule has 15 heavy (non-hydrogen) atoms. The van der Waals surface area contributed by atoms with Crippen LogP contribution in [0, 0.1) is 5.92 Å². The molecule has 1 atom stereocenters. The van der Waals surface area contributed by atoms with Crippen molar-refractivity contribution in [3.8, 4) is 0 Å². The zero-order valence-corrected chi connectivity index (χ0v) is 8.36. The summed E-state index contributed by atoms with van der Waals surface area (Å²) in [6.07, 6.45) is 0.150. The number of nitrogens with zero attached hydrogens (tertiary/aromatic N) is 1. The highest BCUT2D eigenvalue weighted by molar-refractivity contribution is 6.03. The Morgan fingerprint density at radius 2 is 2.33 bits per heavy atom. The number of nitrogens with one attached hydrogen (secondary N) is 1. The van der Waals surface area contributed by atoms with Crippen LogP contribution >= 0.6 is 0 Å². The fourth-order valence-corrected chi connectivity index (χ4v) is 1.40. The first-order valence-electron chi connectivity index (χ1n) is 4.55. The summed E-state index contributed by atoms with van der Waals surface area (Å²) in [6.45, 7) is 1.72. The van der Waals surface area contributed by atoms with Crippen LogP contribution in [0.25, 0.3) is 0 Å². The lowest BCUT2D eigenvalue weighted by atomic mass is 10.1. The predicted molar refractivity (Wildman–Crippen MR) is 48.5 cm³/mol. The molecule has 0 bridgehead atoms. The van der Waals surface area contributed by atoms with Gasteiger partial charge in [-0.1, -0.05) is 12.5 Å². The van der Waals surface area contributed by atoms with Gasteiger partial charge in [-0.3, -0.25) is 19.3 Å². The second-order valence-corrected chi connectivity index (χ2v) is 3.33. The molecule has 7 nitrogen and oxygen atoms in total. The molecule has 1 aliphatic heterocycles. The molecule has 84 valence electrons. The van der Waals surface area contributed by atoms with Crippen molar-refractivity contribution in [2.24, 2.45) is 11.8 Å². The first kappa shape index (κ1) is 11.6. The van der Waals surface area contributed by atoms with E-state index in [9.17, 15) is 14.4 Å². The highest BCUT2D eigenvalue weighted by atomic mass is 16.7. The molecule has 0 spiro atoms. The predicted octanol–water partition coefficient (Wildman–Crippen LogP) is -1.31. The van der Waals surface area contributed by atoms with E-state index in [1.54, 1.807) is 12.5 Å².